The Balaban J connectivity index is 1.58. The molecular formula is C15H13FN2O2S. The maximum Gasteiger partial charge on any atom is 0.264 e. The lowest BCUT2D eigenvalue weighted by Gasteiger charge is -2.08. The summed E-state index contributed by atoms with van der Waals surface area (Å²) in [6.45, 7) is 0.464. The molecule has 1 atom stereocenters. The molecule has 0 radical (unpaired) electrons. The quantitative estimate of drug-likeness (QED) is 0.944. The number of hydrogen-bond acceptors (Lipinski definition) is 4. The Bertz CT molecular complexity index is 670. The Kier molecular flexibility index (Phi) is 3.96. The molecular weight excluding hydrogens is 291 g/mol. The summed E-state index contributed by atoms with van der Waals surface area (Å²) in [6.07, 6.45) is -0.420. The van der Waals surface area contributed by atoms with Crippen LogP contribution in [0.1, 0.15) is 16.9 Å². The van der Waals surface area contributed by atoms with Gasteiger partial charge in [0.25, 0.3) is 5.91 Å². The molecule has 108 valence electrons. The molecule has 1 aliphatic heterocycles. The van der Waals surface area contributed by atoms with Gasteiger partial charge in [-0.1, -0.05) is 29.4 Å². The van der Waals surface area contributed by atoms with Gasteiger partial charge >= 0.3 is 0 Å². The molecule has 1 amide bonds. The minimum Gasteiger partial charge on any atom is -0.382 e. The van der Waals surface area contributed by atoms with E-state index in [4.69, 9.17) is 4.84 Å². The lowest BCUT2D eigenvalue weighted by molar-refractivity contribution is -0.131. The maximum atomic E-state index is 13.7. The smallest absolute Gasteiger partial charge is 0.264 e. The summed E-state index contributed by atoms with van der Waals surface area (Å²) in [6, 6.07) is 10.2. The van der Waals surface area contributed by atoms with Crippen LogP contribution in [0.3, 0.4) is 0 Å². The highest BCUT2D eigenvalue weighted by Gasteiger charge is 2.29. The van der Waals surface area contributed by atoms with Gasteiger partial charge in [-0.05, 0) is 17.5 Å². The molecule has 4 nitrogen and oxygen atoms in total. The Morgan fingerprint density at radius 3 is 3.00 bits per heavy atom. The number of hydrogen-bond donors (Lipinski definition) is 1. The number of rotatable bonds is 4. The highest BCUT2D eigenvalue weighted by Crippen LogP contribution is 2.19. The number of halogens is 1. The number of carbonyl (C=O) groups excluding carboxylic acids is 1. The van der Waals surface area contributed by atoms with Gasteiger partial charge in [0, 0.05) is 16.9 Å². The fourth-order valence-electron chi connectivity index (χ4n) is 2.07. The standard InChI is InChI=1S/C15H13FN2O2S/c16-12-6-2-1-5-11(12)13-8-14(20-18-13)15(19)17-9-10-4-3-7-21-10/h1-7,14H,8-9H2,(H,17,19)/t14-/m0/s1. The molecule has 0 spiro atoms. The molecule has 0 fully saturated rings. The Hall–Kier alpha value is -2.21. The van der Waals surface area contributed by atoms with Gasteiger partial charge in [-0.3, -0.25) is 4.79 Å². The van der Waals surface area contributed by atoms with Crippen LogP contribution in [0.15, 0.2) is 46.9 Å². The minimum absolute atomic E-state index is 0.238. The monoisotopic (exact) mass is 304 g/mol. The zero-order chi connectivity index (χ0) is 14.7. The fourth-order valence-corrected chi connectivity index (χ4v) is 2.72. The van der Waals surface area contributed by atoms with Crippen LogP contribution in [0.4, 0.5) is 4.39 Å². The second-order valence-electron chi connectivity index (χ2n) is 4.61. The van der Waals surface area contributed by atoms with Gasteiger partial charge in [0.2, 0.25) is 6.10 Å². The summed E-state index contributed by atoms with van der Waals surface area (Å²) >= 11 is 1.57. The average Bonchev–Trinajstić information content (AvgIpc) is 3.17. The van der Waals surface area contributed by atoms with Crippen molar-refractivity contribution >= 4 is 23.0 Å². The van der Waals surface area contributed by atoms with Gasteiger partial charge in [0.1, 0.15) is 5.82 Å². The SMILES string of the molecule is O=C(NCc1cccs1)[C@@H]1CC(c2ccccc2F)=NO1. The van der Waals surface area contributed by atoms with Crippen molar-refractivity contribution in [2.24, 2.45) is 5.16 Å². The van der Waals surface area contributed by atoms with Crippen molar-refractivity contribution in [3.63, 3.8) is 0 Å². The van der Waals surface area contributed by atoms with E-state index >= 15 is 0 Å². The third-order valence-electron chi connectivity index (χ3n) is 3.16. The van der Waals surface area contributed by atoms with E-state index < -0.39 is 6.10 Å². The summed E-state index contributed by atoms with van der Waals surface area (Å²) in [5, 5.41) is 8.58. The van der Waals surface area contributed by atoms with Gasteiger partial charge in [-0.25, -0.2) is 4.39 Å². The van der Waals surface area contributed by atoms with Crippen molar-refractivity contribution in [1.82, 2.24) is 5.32 Å². The molecule has 3 rings (SSSR count). The minimum atomic E-state index is -0.695. The van der Waals surface area contributed by atoms with Crippen LogP contribution in [0, 0.1) is 5.82 Å². The zero-order valence-corrected chi connectivity index (χ0v) is 11.9. The molecule has 2 aromatic rings. The van der Waals surface area contributed by atoms with E-state index in [1.165, 1.54) is 6.07 Å². The van der Waals surface area contributed by atoms with Crippen LogP contribution in [0.5, 0.6) is 0 Å². The van der Waals surface area contributed by atoms with Crippen molar-refractivity contribution in [2.45, 2.75) is 19.1 Å². The second-order valence-corrected chi connectivity index (χ2v) is 5.65. The molecule has 1 aromatic heterocycles. The van der Waals surface area contributed by atoms with Gasteiger partial charge < -0.3 is 10.2 Å². The van der Waals surface area contributed by atoms with E-state index in [1.807, 2.05) is 17.5 Å². The van der Waals surface area contributed by atoms with Gasteiger partial charge in [0.05, 0.1) is 12.3 Å². The van der Waals surface area contributed by atoms with Crippen molar-refractivity contribution in [2.75, 3.05) is 0 Å². The first-order valence-corrected chi connectivity index (χ1v) is 7.39. The van der Waals surface area contributed by atoms with E-state index in [1.54, 1.807) is 29.5 Å². The van der Waals surface area contributed by atoms with E-state index in [-0.39, 0.29) is 18.1 Å². The number of amides is 1. The van der Waals surface area contributed by atoms with E-state index in [2.05, 4.69) is 10.5 Å². The first-order valence-electron chi connectivity index (χ1n) is 6.52. The summed E-state index contributed by atoms with van der Waals surface area (Å²) in [7, 11) is 0. The van der Waals surface area contributed by atoms with E-state index in [0.717, 1.165) is 4.88 Å². The summed E-state index contributed by atoms with van der Waals surface area (Å²) in [5.41, 5.74) is 0.843. The molecule has 0 saturated heterocycles. The molecule has 1 aromatic carbocycles. The molecule has 1 aliphatic rings. The van der Waals surface area contributed by atoms with Gasteiger partial charge in [-0.15, -0.1) is 11.3 Å². The number of thiophene rings is 1. The number of oxime groups is 1. The van der Waals surface area contributed by atoms with Crippen molar-refractivity contribution in [3.05, 3.63) is 58.0 Å². The van der Waals surface area contributed by atoms with Crippen LogP contribution in [-0.4, -0.2) is 17.7 Å². The molecule has 0 bridgehead atoms. The van der Waals surface area contributed by atoms with E-state index in [0.29, 0.717) is 17.8 Å². The second kappa shape index (κ2) is 6.05. The van der Waals surface area contributed by atoms with E-state index in [9.17, 15) is 9.18 Å². The highest BCUT2D eigenvalue weighted by atomic mass is 32.1. The predicted molar refractivity (Wildman–Crippen MR) is 78.6 cm³/mol. The Morgan fingerprint density at radius 1 is 1.38 bits per heavy atom. The normalized spacial score (nSPS) is 17.2. The maximum absolute atomic E-state index is 13.7. The number of nitrogens with zero attached hydrogens (tertiary/aromatic N) is 1. The van der Waals surface area contributed by atoms with Crippen molar-refractivity contribution in [1.29, 1.82) is 0 Å². The van der Waals surface area contributed by atoms with Crippen LogP contribution < -0.4 is 5.32 Å². The molecule has 0 aliphatic carbocycles. The van der Waals surface area contributed by atoms with Crippen LogP contribution in [-0.2, 0) is 16.2 Å². The average molecular weight is 304 g/mol. The van der Waals surface area contributed by atoms with Crippen molar-refractivity contribution in [3.8, 4) is 0 Å². The molecule has 2 heterocycles. The highest BCUT2D eigenvalue weighted by molar-refractivity contribution is 7.09. The summed E-state index contributed by atoms with van der Waals surface area (Å²) in [4.78, 5) is 18.2. The summed E-state index contributed by atoms with van der Waals surface area (Å²) < 4.78 is 13.7. The number of nitrogens with one attached hydrogen (secondary N) is 1. The largest absolute Gasteiger partial charge is 0.382 e. The number of benzene rings is 1. The number of carbonyl (C=O) groups is 1. The van der Waals surface area contributed by atoms with Crippen LogP contribution >= 0.6 is 11.3 Å². The Labute approximate surface area is 125 Å². The molecule has 0 unspecified atom stereocenters. The van der Waals surface area contributed by atoms with Gasteiger partial charge in [-0.2, -0.15) is 0 Å². The topological polar surface area (TPSA) is 50.7 Å². The molecule has 21 heavy (non-hydrogen) atoms. The third kappa shape index (κ3) is 3.11. The first kappa shape index (κ1) is 13.8. The molecule has 1 N–H and O–H groups in total. The molecule has 0 saturated carbocycles. The van der Waals surface area contributed by atoms with Gasteiger partial charge in [0.15, 0.2) is 0 Å². The lowest BCUT2D eigenvalue weighted by Crippen LogP contribution is -2.34. The lowest BCUT2D eigenvalue weighted by atomic mass is 10.0. The zero-order valence-electron chi connectivity index (χ0n) is 11.1. The van der Waals surface area contributed by atoms with Crippen LogP contribution in [0.25, 0.3) is 0 Å². The Morgan fingerprint density at radius 2 is 2.24 bits per heavy atom. The molecule has 6 heteroatoms. The first-order chi connectivity index (χ1) is 10.2. The fraction of sp³-hybridized carbons (Fsp3) is 0.200. The van der Waals surface area contributed by atoms with Crippen molar-refractivity contribution < 1.29 is 14.0 Å². The predicted octanol–water partition coefficient (Wildman–Crippen LogP) is 2.70. The third-order valence-corrected chi connectivity index (χ3v) is 4.04. The van der Waals surface area contributed by atoms with Crippen LogP contribution in [0.2, 0.25) is 0 Å². The summed E-state index contributed by atoms with van der Waals surface area (Å²) in [5.74, 6) is -0.599.